The second-order valence-electron chi connectivity index (χ2n) is 5.34. The highest BCUT2D eigenvalue weighted by Gasteiger charge is 2.15. The Morgan fingerprint density at radius 1 is 1.13 bits per heavy atom. The van der Waals surface area contributed by atoms with Crippen molar-refractivity contribution < 1.29 is 4.79 Å². The summed E-state index contributed by atoms with van der Waals surface area (Å²) < 4.78 is 0. The lowest BCUT2D eigenvalue weighted by atomic mass is 10.1. The van der Waals surface area contributed by atoms with Crippen molar-refractivity contribution in [3.8, 4) is 0 Å². The number of aromatic nitrogens is 1. The average Bonchev–Trinajstić information content (AvgIpc) is 2.54. The molecular formula is C18H15ClN2O2. The van der Waals surface area contributed by atoms with E-state index in [1.807, 2.05) is 37.3 Å². The quantitative estimate of drug-likeness (QED) is 0.771. The summed E-state index contributed by atoms with van der Waals surface area (Å²) in [7, 11) is 0. The number of aromatic amines is 1. The van der Waals surface area contributed by atoms with E-state index in [9.17, 15) is 9.59 Å². The summed E-state index contributed by atoms with van der Waals surface area (Å²) in [4.78, 5) is 27.0. The van der Waals surface area contributed by atoms with E-state index in [0.29, 0.717) is 21.5 Å². The number of carbonyl (C=O) groups is 1. The molecule has 0 aliphatic rings. The Kier molecular flexibility index (Phi) is 4.17. The third-order valence-electron chi connectivity index (χ3n) is 3.71. The standard InChI is InChI=1S/C18H15ClN2O2/c1-11(12-6-8-13(19)9-7-12)20-18(23)15-10-17(22)21-16-5-3-2-4-14(15)16/h2-11H,1H3,(H,20,23)(H,21,22)/t11-/m1/s1. The molecule has 0 saturated heterocycles. The molecule has 0 spiro atoms. The number of amides is 1. The number of para-hydroxylation sites is 1. The van der Waals surface area contributed by atoms with Gasteiger partial charge in [0.15, 0.2) is 0 Å². The Morgan fingerprint density at radius 2 is 1.83 bits per heavy atom. The molecule has 1 atom stereocenters. The van der Waals surface area contributed by atoms with E-state index in [1.165, 1.54) is 6.07 Å². The van der Waals surface area contributed by atoms with Crippen LogP contribution >= 0.6 is 11.6 Å². The zero-order chi connectivity index (χ0) is 16.4. The third-order valence-corrected chi connectivity index (χ3v) is 3.96. The van der Waals surface area contributed by atoms with E-state index in [1.54, 1.807) is 18.2 Å². The van der Waals surface area contributed by atoms with E-state index in [-0.39, 0.29) is 17.5 Å². The van der Waals surface area contributed by atoms with Gasteiger partial charge in [0.05, 0.1) is 11.6 Å². The molecule has 1 heterocycles. The Labute approximate surface area is 138 Å². The molecule has 0 saturated carbocycles. The van der Waals surface area contributed by atoms with Crippen LogP contribution in [0.3, 0.4) is 0 Å². The van der Waals surface area contributed by atoms with E-state index < -0.39 is 0 Å². The van der Waals surface area contributed by atoms with Crippen molar-refractivity contribution in [3.63, 3.8) is 0 Å². The minimum atomic E-state index is -0.298. The van der Waals surface area contributed by atoms with Gasteiger partial charge in [-0.25, -0.2) is 0 Å². The maximum Gasteiger partial charge on any atom is 0.252 e. The van der Waals surface area contributed by atoms with Crippen molar-refractivity contribution in [2.24, 2.45) is 0 Å². The minimum absolute atomic E-state index is 0.196. The van der Waals surface area contributed by atoms with Gasteiger partial charge in [-0.05, 0) is 30.7 Å². The first-order chi connectivity index (χ1) is 11.0. The molecule has 2 aromatic carbocycles. The zero-order valence-electron chi connectivity index (χ0n) is 12.5. The van der Waals surface area contributed by atoms with E-state index in [4.69, 9.17) is 11.6 Å². The van der Waals surface area contributed by atoms with Gasteiger partial charge in [0.25, 0.3) is 5.91 Å². The van der Waals surface area contributed by atoms with Crippen molar-refractivity contribution in [1.82, 2.24) is 10.3 Å². The summed E-state index contributed by atoms with van der Waals surface area (Å²) in [6, 6.07) is 15.7. The first kappa shape index (κ1) is 15.3. The van der Waals surface area contributed by atoms with Gasteiger partial charge in [-0.1, -0.05) is 41.9 Å². The fraction of sp³-hybridized carbons (Fsp3) is 0.111. The first-order valence-corrected chi connectivity index (χ1v) is 7.61. The van der Waals surface area contributed by atoms with E-state index >= 15 is 0 Å². The Morgan fingerprint density at radius 3 is 2.57 bits per heavy atom. The molecule has 0 unspecified atom stereocenters. The Hall–Kier alpha value is -2.59. The van der Waals surface area contributed by atoms with Gasteiger partial charge in [0, 0.05) is 22.0 Å². The number of hydrogen-bond donors (Lipinski definition) is 2. The SMILES string of the molecule is C[C@@H](NC(=O)c1cc(=O)[nH]c2ccccc12)c1ccc(Cl)cc1. The number of fused-ring (bicyclic) bond motifs is 1. The summed E-state index contributed by atoms with van der Waals surface area (Å²) in [5.74, 6) is -0.283. The fourth-order valence-corrected chi connectivity index (χ4v) is 2.63. The number of halogens is 1. The van der Waals surface area contributed by atoms with Crippen molar-refractivity contribution in [1.29, 1.82) is 0 Å². The molecule has 3 rings (SSSR count). The topological polar surface area (TPSA) is 62.0 Å². The summed E-state index contributed by atoms with van der Waals surface area (Å²) >= 11 is 5.88. The second-order valence-corrected chi connectivity index (χ2v) is 5.78. The number of carbonyl (C=O) groups excluding carboxylic acids is 1. The van der Waals surface area contributed by atoms with Crippen molar-refractivity contribution in [2.75, 3.05) is 0 Å². The first-order valence-electron chi connectivity index (χ1n) is 7.23. The lowest BCUT2D eigenvalue weighted by Crippen LogP contribution is -2.28. The molecule has 1 aromatic heterocycles. The summed E-state index contributed by atoms with van der Waals surface area (Å²) in [5, 5.41) is 4.28. The molecule has 4 nitrogen and oxygen atoms in total. The summed E-state index contributed by atoms with van der Waals surface area (Å²) in [5.41, 5.74) is 1.65. The van der Waals surface area contributed by atoms with Crippen LogP contribution in [-0.2, 0) is 0 Å². The van der Waals surface area contributed by atoms with Gasteiger partial charge in [0.2, 0.25) is 5.56 Å². The lowest BCUT2D eigenvalue weighted by Gasteiger charge is -2.15. The maximum absolute atomic E-state index is 12.6. The molecule has 0 fully saturated rings. The monoisotopic (exact) mass is 326 g/mol. The number of nitrogens with one attached hydrogen (secondary N) is 2. The summed E-state index contributed by atoms with van der Waals surface area (Å²) in [6.45, 7) is 1.89. The molecule has 2 N–H and O–H groups in total. The van der Waals surface area contributed by atoms with Crippen LogP contribution in [0.25, 0.3) is 10.9 Å². The van der Waals surface area contributed by atoms with Crippen LogP contribution in [0.15, 0.2) is 59.4 Å². The molecule has 0 aliphatic carbocycles. The molecule has 116 valence electrons. The zero-order valence-corrected chi connectivity index (χ0v) is 13.2. The molecule has 3 aromatic rings. The highest BCUT2D eigenvalue weighted by molar-refractivity contribution is 6.30. The fourth-order valence-electron chi connectivity index (χ4n) is 2.50. The van der Waals surface area contributed by atoms with Gasteiger partial charge in [-0.3, -0.25) is 9.59 Å². The van der Waals surface area contributed by atoms with Crippen LogP contribution < -0.4 is 10.9 Å². The van der Waals surface area contributed by atoms with Crippen LogP contribution in [0.2, 0.25) is 5.02 Å². The number of pyridine rings is 1. The molecule has 0 bridgehead atoms. The maximum atomic E-state index is 12.6. The Bertz CT molecular complexity index is 916. The smallest absolute Gasteiger partial charge is 0.252 e. The average molecular weight is 327 g/mol. The number of rotatable bonds is 3. The van der Waals surface area contributed by atoms with Gasteiger partial charge in [0.1, 0.15) is 0 Å². The van der Waals surface area contributed by atoms with E-state index in [2.05, 4.69) is 10.3 Å². The molecule has 23 heavy (non-hydrogen) atoms. The van der Waals surface area contributed by atoms with Crippen molar-refractivity contribution in [2.45, 2.75) is 13.0 Å². The third kappa shape index (κ3) is 3.27. The molecule has 1 amide bonds. The molecule has 5 heteroatoms. The normalized spacial score (nSPS) is 12.1. The largest absolute Gasteiger partial charge is 0.345 e. The summed E-state index contributed by atoms with van der Waals surface area (Å²) in [6.07, 6.45) is 0. The van der Waals surface area contributed by atoms with Gasteiger partial charge in [-0.2, -0.15) is 0 Å². The lowest BCUT2D eigenvalue weighted by molar-refractivity contribution is 0.0941. The van der Waals surface area contributed by atoms with Crippen LogP contribution in [0.5, 0.6) is 0 Å². The second kappa shape index (κ2) is 6.26. The van der Waals surface area contributed by atoms with Crippen molar-refractivity contribution in [3.05, 3.63) is 81.1 Å². The Balaban J connectivity index is 1.91. The number of hydrogen-bond acceptors (Lipinski definition) is 2. The van der Waals surface area contributed by atoms with Crippen LogP contribution in [0.1, 0.15) is 28.9 Å². The van der Waals surface area contributed by atoms with Gasteiger partial charge < -0.3 is 10.3 Å². The number of benzene rings is 2. The van der Waals surface area contributed by atoms with Gasteiger partial charge in [-0.15, -0.1) is 0 Å². The van der Waals surface area contributed by atoms with E-state index in [0.717, 1.165) is 5.56 Å². The van der Waals surface area contributed by atoms with Crippen LogP contribution in [-0.4, -0.2) is 10.9 Å². The predicted octanol–water partition coefficient (Wildman–Crippen LogP) is 3.67. The molecular weight excluding hydrogens is 312 g/mol. The molecule has 0 radical (unpaired) electrons. The highest BCUT2D eigenvalue weighted by Crippen LogP contribution is 2.18. The van der Waals surface area contributed by atoms with Gasteiger partial charge >= 0.3 is 0 Å². The highest BCUT2D eigenvalue weighted by atomic mass is 35.5. The molecule has 0 aliphatic heterocycles. The van der Waals surface area contributed by atoms with Crippen molar-refractivity contribution >= 4 is 28.4 Å². The van der Waals surface area contributed by atoms with Crippen LogP contribution in [0.4, 0.5) is 0 Å². The number of H-pyrrole nitrogens is 1. The predicted molar refractivity (Wildman–Crippen MR) is 91.9 cm³/mol. The minimum Gasteiger partial charge on any atom is -0.345 e. The van der Waals surface area contributed by atoms with Crippen LogP contribution in [0, 0.1) is 0 Å².